The predicted octanol–water partition coefficient (Wildman–Crippen LogP) is 0.340. The highest BCUT2D eigenvalue weighted by Gasteiger charge is 2.31. The van der Waals surface area contributed by atoms with Crippen molar-refractivity contribution in [2.45, 2.75) is 12.5 Å². The number of aromatic nitrogens is 4. The van der Waals surface area contributed by atoms with Crippen molar-refractivity contribution in [3.8, 4) is 5.88 Å². The summed E-state index contributed by atoms with van der Waals surface area (Å²) in [6.45, 7) is 4.07. The molecule has 2 aliphatic rings. The monoisotopic (exact) mass is 358 g/mol. The fraction of sp³-hybridized carbons (Fsp3) is 0.529. The number of morpholine rings is 1. The van der Waals surface area contributed by atoms with Crippen LogP contribution in [-0.2, 0) is 11.8 Å². The van der Waals surface area contributed by atoms with E-state index in [9.17, 15) is 4.79 Å². The number of rotatable bonds is 4. The molecular formula is C17H22N6O3. The Morgan fingerprint density at radius 3 is 2.77 bits per heavy atom. The van der Waals surface area contributed by atoms with Crippen molar-refractivity contribution in [3.63, 3.8) is 0 Å². The summed E-state index contributed by atoms with van der Waals surface area (Å²) in [4.78, 5) is 25.3. The molecule has 9 nitrogen and oxygen atoms in total. The van der Waals surface area contributed by atoms with E-state index >= 15 is 0 Å². The number of hydrogen-bond acceptors (Lipinski definition) is 7. The van der Waals surface area contributed by atoms with Crippen LogP contribution in [0.3, 0.4) is 0 Å². The Morgan fingerprint density at radius 1 is 1.19 bits per heavy atom. The van der Waals surface area contributed by atoms with Gasteiger partial charge in [0.25, 0.3) is 11.8 Å². The second-order valence-electron chi connectivity index (χ2n) is 6.40. The summed E-state index contributed by atoms with van der Waals surface area (Å²) in [5, 5.41) is 4.06. The van der Waals surface area contributed by atoms with Gasteiger partial charge in [0.1, 0.15) is 11.8 Å². The van der Waals surface area contributed by atoms with Crippen LogP contribution >= 0.6 is 0 Å². The van der Waals surface area contributed by atoms with Crippen LogP contribution in [0, 0.1) is 0 Å². The second-order valence-corrected chi connectivity index (χ2v) is 6.40. The third kappa shape index (κ3) is 3.34. The van der Waals surface area contributed by atoms with Crippen molar-refractivity contribution in [1.82, 2.24) is 24.6 Å². The zero-order valence-electron chi connectivity index (χ0n) is 14.7. The van der Waals surface area contributed by atoms with Crippen molar-refractivity contribution in [2.24, 2.45) is 7.05 Å². The molecule has 2 aromatic heterocycles. The van der Waals surface area contributed by atoms with E-state index in [1.165, 1.54) is 0 Å². The lowest BCUT2D eigenvalue weighted by Gasteiger charge is -2.29. The minimum absolute atomic E-state index is 0.0244. The lowest BCUT2D eigenvalue weighted by molar-refractivity contribution is 0.0760. The van der Waals surface area contributed by atoms with Gasteiger partial charge in [0.05, 0.1) is 19.8 Å². The molecule has 0 saturated carbocycles. The summed E-state index contributed by atoms with van der Waals surface area (Å²) in [5.74, 6) is 1.24. The summed E-state index contributed by atoms with van der Waals surface area (Å²) in [6, 6.07) is 1.73. The number of nitrogens with zero attached hydrogens (tertiary/aromatic N) is 6. The van der Waals surface area contributed by atoms with Crippen molar-refractivity contribution in [2.75, 3.05) is 44.3 Å². The summed E-state index contributed by atoms with van der Waals surface area (Å²) in [5.41, 5.74) is 0.583. The molecule has 0 radical (unpaired) electrons. The van der Waals surface area contributed by atoms with Crippen molar-refractivity contribution in [1.29, 1.82) is 0 Å². The van der Waals surface area contributed by atoms with Gasteiger partial charge in [0, 0.05) is 51.7 Å². The smallest absolute Gasteiger partial charge is 0.272 e. The minimum atomic E-state index is -0.0938. The molecule has 2 aromatic rings. The Morgan fingerprint density at radius 2 is 2.00 bits per heavy atom. The highest BCUT2D eigenvalue weighted by Crippen LogP contribution is 2.26. The lowest BCUT2D eigenvalue weighted by Crippen LogP contribution is -2.37. The molecule has 0 aliphatic carbocycles. The van der Waals surface area contributed by atoms with E-state index in [1.54, 1.807) is 41.3 Å². The average Bonchev–Trinajstić information content (AvgIpc) is 3.31. The Kier molecular flexibility index (Phi) is 4.70. The number of amides is 1. The molecule has 2 saturated heterocycles. The quantitative estimate of drug-likeness (QED) is 0.779. The van der Waals surface area contributed by atoms with Crippen LogP contribution in [0.5, 0.6) is 5.88 Å². The van der Waals surface area contributed by atoms with Crippen molar-refractivity contribution < 1.29 is 14.3 Å². The Balaban J connectivity index is 1.43. The zero-order chi connectivity index (χ0) is 17.9. The van der Waals surface area contributed by atoms with Gasteiger partial charge in [-0.1, -0.05) is 0 Å². The van der Waals surface area contributed by atoms with Gasteiger partial charge >= 0.3 is 0 Å². The molecule has 1 atom stereocenters. The SMILES string of the molecule is Cn1nccc1C(=O)N1CCC(Oc2nccnc2N2CCOCC2)C1. The normalized spacial score (nSPS) is 20.4. The number of anilines is 1. The first kappa shape index (κ1) is 16.8. The number of carbonyl (C=O) groups excluding carboxylic acids is 1. The third-order valence-electron chi connectivity index (χ3n) is 4.71. The van der Waals surface area contributed by atoms with Crippen LogP contribution < -0.4 is 9.64 Å². The molecule has 1 unspecified atom stereocenters. The maximum Gasteiger partial charge on any atom is 0.272 e. The fourth-order valence-corrected chi connectivity index (χ4v) is 3.31. The fourth-order valence-electron chi connectivity index (χ4n) is 3.31. The summed E-state index contributed by atoms with van der Waals surface area (Å²) >= 11 is 0. The Bertz CT molecular complexity index is 773. The van der Waals surface area contributed by atoms with E-state index in [0.29, 0.717) is 37.9 Å². The highest BCUT2D eigenvalue weighted by atomic mass is 16.5. The van der Waals surface area contributed by atoms with Crippen LogP contribution in [-0.4, -0.2) is 76.1 Å². The van der Waals surface area contributed by atoms with Gasteiger partial charge in [-0.2, -0.15) is 5.10 Å². The number of carbonyl (C=O) groups is 1. The summed E-state index contributed by atoms with van der Waals surface area (Å²) < 4.78 is 13.1. The number of ether oxygens (including phenoxy) is 2. The van der Waals surface area contributed by atoms with Crippen molar-refractivity contribution in [3.05, 3.63) is 30.4 Å². The van der Waals surface area contributed by atoms with Gasteiger partial charge < -0.3 is 19.3 Å². The van der Waals surface area contributed by atoms with Gasteiger partial charge in [-0.05, 0) is 6.07 Å². The molecule has 0 bridgehead atoms. The molecule has 4 heterocycles. The number of hydrogen-bond donors (Lipinski definition) is 0. The first-order valence-electron chi connectivity index (χ1n) is 8.80. The minimum Gasteiger partial charge on any atom is -0.470 e. The molecule has 2 aliphatic heterocycles. The van der Waals surface area contributed by atoms with Gasteiger partial charge in [0.2, 0.25) is 0 Å². The van der Waals surface area contributed by atoms with Crippen LogP contribution in [0.4, 0.5) is 5.82 Å². The molecule has 1 amide bonds. The third-order valence-corrected chi connectivity index (χ3v) is 4.71. The molecule has 138 valence electrons. The lowest BCUT2D eigenvalue weighted by atomic mass is 10.3. The van der Waals surface area contributed by atoms with E-state index in [4.69, 9.17) is 9.47 Å². The molecule has 0 aromatic carbocycles. The average molecular weight is 358 g/mol. The zero-order valence-corrected chi connectivity index (χ0v) is 14.7. The van der Waals surface area contributed by atoms with Gasteiger partial charge in [-0.3, -0.25) is 9.48 Å². The molecule has 2 fully saturated rings. The molecule has 0 N–H and O–H groups in total. The predicted molar refractivity (Wildman–Crippen MR) is 93.2 cm³/mol. The van der Waals surface area contributed by atoms with E-state index in [1.807, 2.05) is 0 Å². The van der Waals surface area contributed by atoms with Crippen LogP contribution in [0.25, 0.3) is 0 Å². The van der Waals surface area contributed by atoms with E-state index in [-0.39, 0.29) is 12.0 Å². The van der Waals surface area contributed by atoms with E-state index in [2.05, 4.69) is 20.0 Å². The maximum atomic E-state index is 12.6. The van der Waals surface area contributed by atoms with Gasteiger partial charge in [0.15, 0.2) is 5.82 Å². The van der Waals surface area contributed by atoms with Gasteiger partial charge in [-0.25, -0.2) is 9.97 Å². The Labute approximate surface area is 151 Å². The maximum absolute atomic E-state index is 12.6. The number of likely N-dealkylation sites (tertiary alicyclic amines) is 1. The van der Waals surface area contributed by atoms with Crippen LogP contribution in [0.15, 0.2) is 24.7 Å². The molecular weight excluding hydrogens is 336 g/mol. The largest absolute Gasteiger partial charge is 0.470 e. The highest BCUT2D eigenvalue weighted by molar-refractivity contribution is 5.92. The standard InChI is InChI=1S/C17H22N6O3/c1-21-14(2-4-20-21)17(24)23-7-3-13(12-23)26-16-15(18-5-6-19-16)22-8-10-25-11-9-22/h2,4-6,13H,3,7-12H2,1H3. The van der Waals surface area contributed by atoms with E-state index in [0.717, 1.165) is 25.3 Å². The first-order chi connectivity index (χ1) is 12.7. The summed E-state index contributed by atoms with van der Waals surface area (Å²) in [7, 11) is 1.77. The topological polar surface area (TPSA) is 85.6 Å². The summed E-state index contributed by atoms with van der Waals surface area (Å²) in [6.07, 6.45) is 5.61. The molecule has 0 spiro atoms. The van der Waals surface area contributed by atoms with E-state index < -0.39 is 0 Å². The molecule has 4 rings (SSSR count). The molecule has 26 heavy (non-hydrogen) atoms. The van der Waals surface area contributed by atoms with Crippen LogP contribution in [0.2, 0.25) is 0 Å². The first-order valence-corrected chi connectivity index (χ1v) is 8.80. The Hall–Kier alpha value is -2.68. The van der Waals surface area contributed by atoms with Crippen LogP contribution in [0.1, 0.15) is 16.9 Å². The number of aryl methyl sites for hydroxylation is 1. The van der Waals surface area contributed by atoms with Crippen molar-refractivity contribution >= 4 is 11.7 Å². The second kappa shape index (κ2) is 7.28. The van der Waals surface area contributed by atoms with Gasteiger partial charge in [-0.15, -0.1) is 0 Å². The molecule has 9 heteroatoms.